The van der Waals surface area contributed by atoms with Crippen LogP contribution in [0.3, 0.4) is 0 Å². The van der Waals surface area contributed by atoms with Crippen LogP contribution in [0.15, 0.2) is 42.5 Å². The second kappa shape index (κ2) is 4.02. The van der Waals surface area contributed by atoms with Crippen molar-refractivity contribution >= 4 is 11.4 Å². The summed E-state index contributed by atoms with van der Waals surface area (Å²) in [5, 5.41) is 30.5. The molecule has 0 heterocycles. The number of phenolic OH excluding ortho intramolecular Hbond substituents is 3. The standard InChI is InChI=1S/C12H11NO3/c14-10-4-1-8(2-5-10)13-9-3-6-11(15)12(16)7-9/h1-7,13-16H. The van der Waals surface area contributed by atoms with E-state index in [0.29, 0.717) is 5.69 Å². The van der Waals surface area contributed by atoms with Crippen LogP contribution in [-0.4, -0.2) is 15.3 Å². The molecule has 4 heteroatoms. The largest absolute Gasteiger partial charge is 0.508 e. The predicted octanol–water partition coefficient (Wildman–Crippen LogP) is 2.55. The number of rotatable bonds is 2. The Bertz CT molecular complexity index is 494. The van der Waals surface area contributed by atoms with Gasteiger partial charge in [0, 0.05) is 17.4 Å². The van der Waals surface area contributed by atoms with E-state index < -0.39 is 0 Å². The zero-order chi connectivity index (χ0) is 11.5. The highest BCUT2D eigenvalue weighted by molar-refractivity contribution is 5.63. The van der Waals surface area contributed by atoms with Gasteiger partial charge in [-0.25, -0.2) is 0 Å². The average Bonchev–Trinajstić information content (AvgIpc) is 2.27. The van der Waals surface area contributed by atoms with Gasteiger partial charge in [-0.1, -0.05) is 0 Å². The Morgan fingerprint density at radius 3 is 1.94 bits per heavy atom. The molecule has 16 heavy (non-hydrogen) atoms. The van der Waals surface area contributed by atoms with Crippen molar-refractivity contribution < 1.29 is 15.3 Å². The van der Waals surface area contributed by atoms with Crippen LogP contribution in [0.5, 0.6) is 17.2 Å². The lowest BCUT2D eigenvalue weighted by molar-refractivity contribution is 0.404. The molecule has 0 amide bonds. The predicted molar refractivity (Wildman–Crippen MR) is 61.2 cm³/mol. The molecule has 2 aromatic carbocycles. The number of hydrogen-bond donors (Lipinski definition) is 4. The summed E-state index contributed by atoms with van der Waals surface area (Å²) in [6, 6.07) is 11.0. The highest BCUT2D eigenvalue weighted by Crippen LogP contribution is 2.29. The van der Waals surface area contributed by atoms with Crippen LogP contribution in [0, 0.1) is 0 Å². The number of hydrogen-bond acceptors (Lipinski definition) is 4. The zero-order valence-electron chi connectivity index (χ0n) is 8.38. The lowest BCUT2D eigenvalue weighted by Crippen LogP contribution is -1.89. The summed E-state index contributed by atoms with van der Waals surface area (Å²) >= 11 is 0. The summed E-state index contributed by atoms with van der Waals surface area (Å²) in [6.45, 7) is 0. The van der Waals surface area contributed by atoms with Gasteiger partial charge in [-0.15, -0.1) is 0 Å². The maximum Gasteiger partial charge on any atom is 0.159 e. The molecule has 0 saturated heterocycles. The molecule has 0 bridgehead atoms. The monoisotopic (exact) mass is 217 g/mol. The lowest BCUT2D eigenvalue weighted by atomic mass is 10.2. The van der Waals surface area contributed by atoms with Crippen molar-refractivity contribution in [3.63, 3.8) is 0 Å². The van der Waals surface area contributed by atoms with Gasteiger partial charge >= 0.3 is 0 Å². The van der Waals surface area contributed by atoms with Gasteiger partial charge in [0.25, 0.3) is 0 Å². The van der Waals surface area contributed by atoms with Crippen LogP contribution in [0.2, 0.25) is 0 Å². The van der Waals surface area contributed by atoms with E-state index in [9.17, 15) is 5.11 Å². The molecule has 0 unspecified atom stereocenters. The summed E-state index contributed by atoms with van der Waals surface area (Å²) in [7, 11) is 0. The van der Waals surface area contributed by atoms with Crippen molar-refractivity contribution in [3.8, 4) is 17.2 Å². The van der Waals surface area contributed by atoms with E-state index >= 15 is 0 Å². The molecule has 0 aromatic heterocycles. The first kappa shape index (κ1) is 10.2. The molecule has 2 rings (SSSR count). The van der Waals surface area contributed by atoms with Gasteiger partial charge in [0.05, 0.1) is 0 Å². The molecule has 0 radical (unpaired) electrons. The molecule has 0 spiro atoms. The number of anilines is 2. The molecule has 4 nitrogen and oxygen atoms in total. The second-order valence-corrected chi connectivity index (χ2v) is 3.38. The fraction of sp³-hybridized carbons (Fsp3) is 0. The van der Waals surface area contributed by atoms with Crippen LogP contribution < -0.4 is 5.32 Å². The maximum absolute atomic E-state index is 9.29. The Morgan fingerprint density at radius 1 is 0.688 bits per heavy atom. The first-order chi connectivity index (χ1) is 7.65. The fourth-order valence-corrected chi connectivity index (χ4v) is 1.31. The molecule has 0 aliphatic rings. The Balaban J connectivity index is 2.20. The molecular weight excluding hydrogens is 206 g/mol. The minimum absolute atomic E-state index is 0.156. The Labute approximate surface area is 92.4 Å². The molecular formula is C12H11NO3. The molecule has 4 N–H and O–H groups in total. The SMILES string of the molecule is Oc1ccc(Nc2ccc(O)c(O)c2)cc1. The van der Waals surface area contributed by atoms with E-state index in [1.54, 1.807) is 30.3 Å². The molecule has 0 fully saturated rings. The maximum atomic E-state index is 9.29. The van der Waals surface area contributed by atoms with Gasteiger partial charge in [-0.05, 0) is 36.4 Å². The summed E-state index contributed by atoms with van der Waals surface area (Å²) in [4.78, 5) is 0. The Morgan fingerprint density at radius 2 is 1.31 bits per heavy atom. The molecule has 82 valence electrons. The normalized spacial score (nSPS) is 10.0. The zero-order valence-corrected chi connectivity index (χ0v) is 8.38. The van der Waals surface area contributed by atoms with E-state index in [1.165, 1.54) is 12.1 Å². The average molecular weight is 217 g/mol. The smallest absolute Gasteiger partial charge is 0.159 e. The summed E-state index contributed by atoms with van der Waals surface area (Å²) in [5.41, 5.74) is 1.43. The lowest BCUT2D eigenvalue weighted by Gasteiger charge is -2.07. The van der Waals surface area contributed by atoms with Crippen LogP contribution in [0.25, 0.3) is 0 Å². The van der Waals surface area contributed by atoms with Crippen molar-refractivity contribution in [2.24, 2.45) is 0 Å². The highest BCUT2D eigenvalue weighted by atomic mass is 16.3. The molecule has 0 saturated carbocycles. The Hall–Kier alpha value is -2.36. The molecule has 0 aliphatic carbocycles. The van der Waals surface area contributed by atoms with Crippen molar-refractivity contribution in [2.45, 2.75) is 0 Å². The first-order valence-electron chi connectivity index (χ1n) is 4.73. The Kier molecular flexibility index (Phi) is 2.55. The summed E-state index contributed by atoms with van der Waals surface area (Å²) in [6.07, 6.45) is 0. The summed E-state index contributed by atoms with van der Waals surface area (Å²) < 4.78 is 0. The minimum atomic E-state index is -0.177. The van der Waals surface area contributed by atoms with Gasteiger partial charge < -0.3 is 20.6 Å². The fourth-order valence-electron chi connectivity index (χ4n) is 1.31. The van der Waals surface area contributed by atoms with Crippen LogP contribution >= 0.6 is 0 Å². The third-order valence-electron chi connectivity index (χ3n) is 2.13. The number of nitrogens with one attached hydrogen (secondary N) is 1. The molecule has 0 aliphatic heterocycles. The van der Waals surface area contributed by atoms with Crippen LogP contribution in [-0.2, 0) is 0 Å². The van der Waals surface area contributed by atoms with Crippen molar-refractivity contribution in [1.29, 1.82) is 0 Å². The van der Waals surface area contributed by atoms with Gasteiger partial charge in [-0.3, -0.25) is 0 Å². The van der Waals surface area contributed by atoms with E-state index in [1.807, 2.05) is 0 Å². The van der Waals surface area contributed by atoms with Crippen molar-refractivity contribution in [1.82, 2.24) is 0 Å². The summed E-state index contributed by atoms with van der Waals surface area (Å²) in [5.74, 6) is -0.140. The molecule has 0 atom stereocenters. The quantitative estimate of drug-likeness (QED) is 0.460. The minimum Gasteiger partial charge on any atom is -0.508 e. The van der Waals surface area contributed by atoms with Gasteiger partial charge in [-0.2, -0.15) is 0 Å². The topological polar surface area (TPSA) is 72.7 Å². The second-order valence-electron chi connectivity index (χ2n) is 3.38. The van der Waals surface area contributed by atoms with Crippen LogP contribution in [0.4, 0.5) is 11.4 Å². The van der Waals surface area contributed by atoms with Crippen molar-refractivity contribution in [3.05, 3.63) is 42.5 Å². The third-order valence-corrected chi connectivity index (χ3v) is 2.13. The van der Waals surface area contributed by atoms with Crippen molar-refractivity contribution in [2.75, 3.05) is 5.32 Å². The number of benzene rings is 2. The van der Waals surface area contributed by atoms with Gasteiger partial charge in [0.15, 0.2) is 11.5 Å². The van der Waals surface area contributed by atoms with E-state index in [2.05, 4.69) is 5.32 Å². The van der Waals surface area contributed by atoms with Gasteiger partial charge in [0.2, 0.25) is 0 Å². The van der Waals surface area contributed by atoms with E-state index in [-0.39, 0.29) is 17.2 Å². The molecule has 2 aromatic rings. The van der Waals surface area contributed by atoms with E-state index in [0.717, 1.165) is 5.69 Å². The first-order valence-corrected chi connectivity index (χ1v) is 4.73. The number of aromatic hydroxyl groups is 3. The third kappa shape index (κ3) is 2.17. The number of phenols is 3. The highest BCUT2D eigenvalue weighted by Gasteiger charge is 2.00. The van der Waals surface area contributed by atoms with E-state index in [4.69, 9.17) is 10.2 Å². The van der Waals surface area contributed by atoms with Crippen LogP contribution in [0.1, 0.15) is 0 Å². The van der Waals surface area contributed by atoms with Gasteiger partial charge in [0.1, 0.15) is 5.75 Å².